The molecule has 5 heteroatoms. The van der Waals surface area contributed by atoms with Crippen LogP contribution in [0.3, 0.4) is 0 Å². The molecule has 2 N–H and O–H groups in total. The van der Waals surface area contributed by atoms with Crippen LogP contribution in [-0.2, 0) is 9.47 Å². The van der Waals surface area contributed by atoms with E-state index in [0.29, 0.717) is 32.4 Å². The second kappa shape index (κ2) is 7.97. The summed E-state index contributed by atoms with van der Waals surface area (Å²) in [6.07, 6.45) is -0.405. The molecular weight excluding hydrogens is 208 g/mol. The zero-order valence-electron chi connectivity index (χ0n) is 10.3. The van der Waals surface area contributed by atoms with Crippen molar-refractivity contribution in [3.05, 3.63) is 0 Å². The van der Waals surface area contributed by atoms with E-state index in [0.717, 1.165) is 19.6 Å². The SMILES string of the molecule is CCN(CC(O)COCCOC)C1CNC1. The fourth-order valence-electron chi connectivity index (χ4n) is 1.75. The molecule has 5 nitrogen and oxygen atoms in total. The van der Waals surface area contributed by atoms with Gasteiger partial charge in [0.1, 0.15) is 0 Å². The highest BCUT2D eigenvalue weighted by Crippen LogP contribution is 2.05. The molecule has 1 rings (SSSR count). The van der Waals surface area contributed by atoms with Gasteiger partial charge in [0.2, 0.25) is 0 Å². The van der Waals surface area contributed by atoms with Crippen molar-refractivity contribution in [1.82, 2.24) is 10.2 Å². The van der Waals surface area contributed by atoms with Gasteiger partial charge in [0.15, 0.2) is 0 Å². The minimum Gasteiger partial charge on any atom is -0.389 e. The van der Waals surface area contributed by atoms with Crippen molar-refractivity contribution in [2.45, 2.75) is 19.1 Å². The maximum atomic E-state index is 9.79. The molecule has 0 bridgehead atoms. The Morgan fingerprint density at radius 2 is 2.19 bits per heavy atom. The number of aliphatic hydroxyl groups is 1. The normalized spacial score (nSPS) is 18.8. The van der Waals surface area contributed by atoms with Crippen LogP contribution in [0.1, 0.15) is 6.92 Å². The third kappa shape index (κ3) is 4.76. The van der Waals surface area contributed by atoms with Crippen LogP contribution < -0.4 is 5.32 Å². The van der Waals surface area contributed by atoms with Crippen molar-refractivity contribution in [2.75, 3.05) is 53.1 Å². The minimum atomic E-state index is -0.405. The molecule has 1 fully saturated rings. The van der Waals surface area contributed by atoms with E-state index in [2.05, 4.69) is 17.1 Å². The number of rotatable bonds is 9. The molecule has 16 heavy (non-hydrogen) atoms. The first kappa shape index (κ1) is 13.9. The predicted molar refractivity (Wildman–Crippen MR) is 62.6 cm³/mol. The maximum Gasteiger partial charge on any atom is 0.0900 e. The van der Waals surface area contributed by atoms with Crippen LogP contribution in [0.4, 0.5) is 0 Å². The van der Waals surface area contributed by atoms with E-state index in [1.165, 1.54) is 0 Å². The van der Waals surface area contributed by atoms with Crippen molar-refractivity contribution in [3.8, 4) is 0 Å². The van der Waals surface area contributed by atoms with E-state index < -0.39 is 6.10 Å². The van der Waals surface area contributed by atoms with Crippen LogP contribution in [0.5, 0.6) is 0 Å². The van der Waals surface area contributed by atoms with Crippen LogP contribution in [0.2, 0.25) is 0 Å². The van der Waals surface area contributed by atoms with Gasteiger partial charge in [0, 0.05) is 32.8 Å². The second-order valence-electron chi connectivity index (χ2n) is 4.12. The highest BCUT2D eigenvalue weighted by molar-refractivity contribution is 4.84. The first-order chi connectivity index (χ1) is 7.77. The Balaban J connectivity index is 2.08. The third-order valence-electron chi connectivity index (χ3n) is 2.87. The number of methoxy groups -OCH3 is 1. The Bertz CT molecular complexity index is 177. The van der Waals surface area contributed by atoms with Gasteiger partial charge in [-0.2, -0.15) is 0 Å². The average molecular weight is 232 g/mol. The quantitative estimate of drug-likeness (QED) is 0.515. The standard InChI is InChI=1S/C11H24N2O3/c1-3-13(10-6-12-7-10)8-11(14)9-16-5-4-15-2/h10-12,14H,3-9H2,1-2H3. The summed E-state index contributed by atoms with van der Waals surface area (Å²) in [4.78, 5) is 2.29. The van der Waals surface area contributed by atoms with Crippen molar-refractivity contribution < 1.29 is 14.6 Å². The molecule has 1 saturated heterocycles. The van der Waals surface area contributed by atoms with Crippen molar-refractivity contribution in [3.63, 3.8) is 0 Å². The zero-order chi connectivity index (χ0) is 11.8. The van der Waals surface area contributed by atoms with Gasteiger partial charge in [-0.1, -0.05) is 6.92 Å². The Morgan fingerprint density at radius 1 is 1.44 bits per heavy atom. The number of aliphatic hydroxyl groups excluding tert-OH is 1. The maximum absolute atomic E-state index is 9.79. The Morgan fingerprint density at radius 3 is 2.69 bits per heavy atom. The first-order valence-corrected chi connectivity index (χ1v) is 5.97. The highest BCUT2D eigenvalue weighted by atomic mass is 16.5. The molecule has 0 aromatic carbocycles. The largest absolute Gasteiger partial charge is 0.389 e. The van der Waals surface area contributed by atoms with Gasteiger partial charge < -0.3 is 19.9 Å². The van der Waals surface area contributed by atoms with Gasteiger partial charge in [-0.05, 0) is 6.54 Å². The lowest BCUT2D eigenvalue weighted by Crippen LogP contribution is -2.58. The molecule has 0 aromatic heterocycles. The Labute approximate surface area is 97.7 Å². The molecule has 1 aliphatic rings. The van der Waals surface area contributed by atoms with E-state index in [1.807, 2.05) is 0 Å². The Kier molecular flexibility index (Phi) is 6.91. The summed E-state index contributed by atoms with van der Waals surface area (Å²) in [5.41, 5.74) is 0. The molecule has 0 aromatic rings. The molecule has 0 radical (unpaired) electrons. The average Bonchev–Trinajstić information content (AvgIpc) is 2.21. The monoisotopic (exact) mass is 232 g/mol. The topological polar surface area (TPSA) is 54.0 Å². The molecule has 1 atom stereocenters. The summed E-state index contributed by atoms with van der Waals surface area (Å²) in [7, 11) is 1.64. The second-order valence-corrected chi connectivity index (χ2v) is 4.12. The highest BCUT2D eigenvalue weighted by Gasteiger charge is 2.24. The van der Waals surface area contributed by atoms with Gasteiger partial charge in [-0.15, -0.1) is 0 Å². The lowest BCUT2D eigenvalue weighted by Gasteiger charge is -2.38. The van der Waals surface area contributed by atoms with E-state index in [1.54, 1.807) is 7.11 Å². The van der Waals surface area contributed by atoms with Gasteiger partial charge in [-0.3, -0.25) is 4.90 Å². The first-order valence-electron chi connectivity index (χ1n) is 5.97. The summed E-state index contributed by atoms with van der Waals surface area (Å²) in [5, 5.41) is 13.0. The minimum absolute atomic E-state index is 0.389. The lowest BCUT2D eigenvalue weighted by atomic mass is 10.1. The van der Waals surface area contributed by atoms with Crippen LogP contribution in [-0.4, -0.2) is 75.3 Å². The molecule has 0 aliphatic carbocycles. The van der Waals surface area contributed by atoms with Crippen LogP contribution in [0, 0.1) is 0 Å². The summed E-state index contributed by atoms with van der Waals surface area (Å²) in [6, 6.07) is 0.582. The number of hydrogen-bond acceptors (Lipinski definition) is 5. The molecule has 1 unspecified atom stereocenters. The van der Waals surface area contributed by atoms with E-state index in [9.17, 15) is 5.11 Å². The molecular formula is C11H24N2O3. The zero-order valence-corrected chi connectivity index (χ0v) is 10.3. The molecule has 1 heterocycles. The summed E-state index contributed by atoms with van der Waals surface area (Å²) < 4.78 is 10.2. The molecule has 0 amide bonds. The lowest BCUT2D eigenvalue weighted by molar-refractivity contribution is -0.00930. The van der Waals surface area contributed by atoms with Crippen molar-refractivity contribution in [1.29, 1.82) is 0 Å². The van der Waals surface area contributed by atoms with E-state index >= 15 is 0 Å². The number of ether oxygens (including phenoxy) is 2. The van der Waals surface area contributed by atoms with Crippen LogP contribution in [0.15, 0.2) is 0 Å². The number of hydrogen-bond donors (Lipinski definition) is 2. The molecule has 0 saturated carbocycles. The van der Waals surface area contributed by atoms with Gasteiger partial charge in [0.05, 0.1) is 25.9 Å². The van der Waals surface area contributed by atoms with Gasteiger partial charge in [0.25, 0.3) is 0 Å². The number of likely N-dealkylation sites (N-methyl/N-ethyl adjacent to an activating group) is 1. The summed E-state index contributed by atoms with van der Waals surface area (Å²) >= 11 is 0. The molecule has 1 aliphatic heterocycles. The Hall–Kier alpha value is -0.200. The number of nitrogens with one attached hydrogen (secondary N) is 1. The fourth-order valence-corrected chi connectivity index (χ4v) is 1.75. The third-order valence-corrected chi connectivity index (χ3v) is 2.87. The molecule has 96 valence electrons. The van der Waals surface area contributed by atoms with Crippen molar-refractivity contribution in [2.24, 2.45) is 0 Å². The van der Waals surface area contributed by atoms with Crippen LogP contribution >= 0.6 is 0 Å². The van der Waals surface area contributed by atoms with Crippen LogP contribution in [0.25, 0.3) is 0 Å². The summed E-state index contributed by atoms with van der Waals surface area (Å²) in [6.45, 7) is 7.37. The van der Waals surface area contributed by atoms with Gasteiger partial charge in [-0.25, -0.2) is 0 Å². The summed E-state index contributed by atoms with van der Waals surface area (Å²) in [5.74, 6) is 0. The van der Waals surface area contributed by atoms with E-state index in [4.69, 9.17) is 9.47 Å². The van der Waals surface area contributed by atoms with Crippen molar-refractivity contribution >= 4 is 0 Å². The van der Waals surface area contributed by atoms with Gasteiger partial charge >= 0.3 is 0 Å². The predicted octanol–water partition coefficient (Wildman–Crippen LogP) is -0.696. The van der Waals surface area contributed by atoms with E-state index in [-0.39, 0.29) is 0 Å². The molecule has 0 spiro atoms. The smallest absolute Gasteiger partial charge is 0.0900 e. The number of nitrogens with zero attached hydrogens (tertiary/aromatic N) is 1. The fraction of sp³-hybridized carbons (Fsp3) is 1.00.